The van der Waals surface area contributed by atoms with Gasteiger partial charge in [-0.15, -0.1) is 0 Å². The Hall–Kier alpha value is -3.24. The maximum absolute atomic E-state index is 12.8. The lowest BCUT2D eigenvalue weighted by atomic mass is 10.2. The molecule has 0 bridgehead atoms. The van der Waals surface area contributed by atoms with Gasteiger partial charge in [0.2, 0.25) is 15.9 Å². The highest BCUT2D eigenvalue weighted by Crippen LogP contribution is 2.18. The average molecular weight is 442 g/mol. The Morgan fingerprint density at radius 3 is 2.29 bits per heavy atom. The quantitative estimate of drug-likeness (QED) is 0.593. The fourth-order valence-corrected chi connectivity index (χ4v) is 5.07. The summed E-state index contributed by atoms with van der Waals surface area (Å²) in [6, 6.07) is 13.4. The summed E-state index contributed by atoms with van der Waals surface area (Å²) in [4.78, 5) is 41.3. The van der Waals surface area contributed by atoms with Gasteiger partial charge in [-0.05, 0) is 31.2 Å². The second-order valence-corrected chi connectivity index (χ2v) is 9.40. The summed E-state index contributed by atoms with van der Waals surface area (Å²) >= 11 is 0. The first-order valence-corrected chi connectivity index (χ1v) is 11.3. The van der Waals surface area contributed by atoms with Gasteiger partial charge in [-0.2, -0.15) is 4.31 Å². The first kappa shape index (κ1) is 21.0. The van der Waals surface area contributed by atoms with E-state index in [4.69, 9.17) is 0 Å². The lowest BCUT2D eigenvalue weighted by Gasteiger charge is -2.34. The van der Waals surface area contributed by atoms with Crippen molar-refractivity contribution >= 4 is 27.0 Å². The van der Waals surface area contributed by atoms with Crippen LogP contribution in [0.2, 0.25) is 0 Å². The normalized spacial score (nSPS) is 15.3. The number of sulfonamides is 1. The van der Waals surface area contributed by atoms with E-state index in [1.54, 1.807) is 48.5 Å². The minimum absolute atomic E-state index is 0.160. The highest BCUT2D eigenvalue weighted by molar-refractivity contribution is 7.89. The lowest BCUT2D eigenvalue weighted by molar-refractivity contribution is -0.133. The van der Waals surface area contributed by atoms with E-state index in [-0.39, 0.29) is 43.5 Å². The Labute approximate surface area is 178 Å². The molecule has 1 aromatic heterocycles. The summed E-state index contributed by atoms with van der Waals surface area (Å²) in [6.45, 7) is 2.34. The molecule has 1 aliphatic heterocycles. The predicted molar refractivity (Wildman–Crippen MR) is 115 cm³/mol. The molecule has 10 heteroatoms. The van der Waals surface area contributed by atoms with Crippen molar-refractivity contribution < 1.29 is 13.2 Å². The third kappa shape index (κ3) is 4.04. The van der Waals surface area contributed by atoms with Gasteiger partial charge in [0.05, 0.1) is 15.9 Å². The van der Waals surface area contributed by atoms with Crippen LogP contribution in [0.3, 0.4) is 0 Å². The van der Waals surface area contributed by atoms with Gasteiger partial charge in [0.15, 0.2) is 0 Å². The standard InChI is InChI=1S/C21H22N4O5S/c1-15-6-8-16(9-7-15)31(29,30)24-12-10-23(11-13-24)19(26)14-25-18-5-3-2-4-17(18)22-20(27)21(25)28/h2-9H,10-14H2,1H3,(H,22,27). The number of hydrogen-bond donors (Lipinski definition) is 1. The zero-order valence-electron chi connectivity index (χ0n) is 16.9. The lowest BCUT2D eigenvalue weighted by Crippen LogP contribution is -2.52. The van der Waals surface area contributed by atoms with Crippen molar-refractivity contribution in [2.45, 2.75) is 18.4 Å². The summed E-state index contributed by atoms with van der Waals surface area (Å²) in [5.74, 6) is -0.342. The van der Waals surface area contributed by atoms with Gasteiger partial charge >= 0.3 is 11.1 Å². The van der Waals surface area contributed by atoms with Crippen molar-refractivity contribution in [2.24, 2.45) is 0 Å². The van der Waals surface area contributed by atoms with Crippen LogP contribution in [0.25, 0.3) is 11.0 Å². The molecule has 0 atom stereocenters. The SMILES string of the molecule is Cc1ccc(S(=O)(=O)N2CCN(C(=O)Cn3c(=O)c(=O)[nH]c4ccccc43)CC2)cc1. The minimum atomic E-state index is -3.63. The number of fused-ring (bicyclic) bond motifs is 1. The Morgan fingerprint density at radius 1 is 0.968 bits per heavy atom. The molecule has 0 unspecified atom stereocenters. The first-order valence-electron chi connectivity index (χ1n) is 9.84. The Kier molecular flexibility index (Phi) is 5.50. The highest BCUT2D eigenvalue weighted by Gasteiger charge is 2.30. The van der Waals surface area contributed by atoms with Crippen LogP contribution in [0.5, 0.6) is 0 Å². The van der Waals surface area contributed by atoms with Gasteiger partial charge in [0.1, 0.15) is 6.54 Å². The van der Waals surface area contributed by atoms with E-state index < -0.39 is 21.1 Å². The molecule has 2 heterocycles. The van der Waals surface area contributed by atoms with Crippen LogP contribution < -0.4 is 11.1 Å². The maximum atomic E-state index is 12.8. The molecular weight excluding hydrogens is 420 g/mol. The number of carbonyl (C=O) groups is 1. The van der Waals surface area contributed by atoms with Gasteiger partial charge in [-0.1, -0.05) is 29.8 Å². The van der Waals surface area contributed by atoms with E-state index in [1.807, 2.05) is 6.92 Å². The van der Waals surface area contributed by atoms with Crippen LogP contribution in [0, 0.1) is 6.92 Å². The monoisotopic (exact) mass is 442 g/mol. The second-order valence-electron chi connectivity index (χ2n) is 7.46. The molecular formula is C21H22N4O5S. The Balaban J connectivity index is 1.49. The van der Waals surface area contributed by atoms with E-state index in [9.17, 15) is 22.8 Å². The number of nitrogens with zero attached hydrogens (tertiary/aromatic N) is 3. The van der Waals surface area contributed by atoms with E-state index in [2.05, 4.69) is 4.98 Å². The van der Waals surface area contributed by atoms with Crippen LogP contribution in [0.15, 0.2) is 63.0 Å². The fraction of sp³-hybridized carbons (Fsp3) is 0.286. The van der Waals surface area contributed by atoms with Crippen LogP contribution in [0.4, 0.5) is 0 Å². The number of aryl methyl sites for hydroxylation is 1. The maximum Gasteiger partial charge on any atom is 0.317 e. The highest BCUT2D eigenvalue weighted by atomic mass is 32.2. The number of hydrogen-bond acceptors (Lipinski definition) is 5. The van der Waals surface area contributed by atoms with E-state index in [0.717, 1.165) is 10.1 Å². The molecule has 4 rings (SSSR count). The first-order chi connectivity index (χ1) is 14.8. The summed E-state index contributed by atoms with van der Waals surface area (Å²) < 4.78 is 28.2. The molecule has 9 nitrogen and oxygen atoms in total. The molecule has 1 aliphatic rings. The summed E-state index contributed by atoms with van der Waals surface area (Å²) in [5, 5.41) is 0. The fourth-order valence-electron chi connectivity index (χ4n) is 3.65. The van der Waals surface area contributed by atoms with Gasteiger partial charge in [-0.3, -0.25) is 19.0 Å². The summed E-state index contributed by atoms with van der Waals surface area (Å²) in [7, 11) is -3.63. The van der Waals surface area contributed by atoms with Gasteiger partial charge in [0.25, 0.3) is 0 Å². The number of H-pyrrole nitrogens is 1. The molecule has 0 saturated carbocycles. The Bertz CT molecular complexity index is 1350. The van der Waals surface area contributed by atoms with Crippen molar-refractivity contribution in [2.75, 3.05) is 26.2 Å². The second kappa shape index (κ2) is 8.12. The largest absolute Gasteiger partial charge is 0.338 e. The number of rotatable bonds is 4. The summed E-state index contributed by atoms with van der Waals surface area (Å²) in [5.41, 5.74) is 0.306. The van der Waals surface area contributed by atoms with Crippen LogP contribution in [0.1, 0.15) is 5.56 Å². The number of nitrogens with one attached hydrogen (secondary N) is 1. The summed E-state index contributed by atoms with van der Waals surface area (Å²) in [6.07, 6.45) is 0. The topological polar surface area (TPSA) is 113 Å². The molecule has 3 aromatic rings. The number of aromatic nitrogens is 2. The number of aromatic amines is 1. The number of amides is 1. The molecule has 0 aliphatic carbocycles. The zero-order chi connectivity index (χ0) is 22.2. The van der Waals surface area contributed by atoms with Gasteiger partial charge in [0, 0.05) is 26.2 Å². The van der Waals surface area contributed by atoms with Crippen molar-refractivity contribution in [3.8, 4) is 0 Å². The molecule has 1 N–H and O–H groups in total. The molecule has 0 spiro atoms. The number of benzene rings is 2. The molecule has 1 fully saturated rings. The zero-order valence-corrected chi connectivity index (χ0v) is 17.8. The van der Waals surface area contributed by atoms with Crippen molar-refractivity contribution in [1.29, 1.82) is 0 Å². The van der Waals surface area contributed by atoms with Crippen LogP contribution in [-0.2, 0) is 21.4 Å². The van der Waals surface area contributed by atoms with Crippen LogP contribution >= 0.6 is 0 Å². The molecule has 162 valence electrons. The molecule has 0 radical (unpaired) electrons. The Morgan fingerprint density at radius 2 is 1.61 bits per heavy atom. The predicted octanol–water partition coefficient (Wildman–Crippen LogP) is 0.531. The van der Waals surface area contributed by atoms with Crippen molar-refractivity contribution in [1.82, 2.24) is 18.8 Å². The molecule has 2 aromatic carbocycles. The molecule has 1 saturated heterocycles. The van der Waals surface area contributed by atoms with E-state index in [0.29, 0.717) is 11.0 Å². The van der Waals surface area contributed by atoms with Crippen LogP contribution in [-0.4, -0.2) is 59.3 Å². The number of piperazine rings is 1. The van der Waals surface area contributed by atoms with Gasteiger partial charge in [-0.25, -0.2) is 8.42 Å². The van der Waals surface area contributed by atoms with Crippen molar-refractivity contribution in [3.05, 3.63) is 74.8 Å². The molecule has 1 amide bonds. The number of para-hydroxylation sites is 2. The third-order valence-corrected chi connectivity index (χ3v) is 7.34. The van der Waals surface area contributed by atoms with Crippen molar-refractivity contribution in [3.63, 3.8) is 0 Å². The third-order valence-electron chi connectivity index (χ3n) is 5.43. The smallest absolute Gasteiger partial charge is 0.317 e. The minimum Gasteiger partial charge on any atom is -0.338 e. The van der Waals surface area contributed by atoms with E-state index in [1.165, 1.54) is 9.21 Å². The van der Waals surface area contributed by atoms with Gasteiger partial charge < -0.3 is 9.88 Å². The van der Waals surface area contributed by atoms with E-state index >= 15 is 0 Å². The average Bonchev–Trinajstić information content (AvgIpc) is 2.77. The number of carbonyl (C=O) groups excluding carboxylic acids is 1. The molecule has 31 heavy (non-hydrogen) atoms.